The van der Waals surface area contributed by atoms with Crippen molar-refractivity contribution >= 4 is 35.6 Å². The zero-order valence-electron chi connectivity index (χ0n) is 8.63. The van der Waals surface area contributed by atoms with E-state index in [0.717, 1.165) is 17.4 Å². The van der Waals surface area contributed by atoms with Crippen molar-refractivity contribution in [2.24, 2.45) is 5.92 Å². The van der Waals surface area contributed by atoms with E-state index in [1.807, 2.05) is 13.8 Å². The van der Waals surface area contributed by atoms with Crippen LogP contribution >= 0.6 is 23.2 Å². The van der Waals surface area contributed by atoms with Crippen molar-refractivity contribution in [2.75, 3.05) is 0 Å². The molecular formula is C12H12Cl2O. The van der Waals surface area contributed by atoms with Crippen LogP contribution in [0, 0.1) is 5.92 Å². The van der Waals surface area contributed by atoms with Gasteiger partial charge < -0.3 is 0 Å². The van der Waals surface area contributed by atoms with E-state index in [-0.39, 0.29) is 5.92 Å². The first kappa shape index (κ1) is 12.3. The van der Waals surface area contributed by atoms with E-state index in [4.69, 9.17) is 23.2 Å². The third kappa shape index (κ3) is 3.37. The minimum absolute atomic E-state index is 0.189. The molecule has 0 heterocycles. The van der Waals surface area contributed by atoms with Crippen LogP contribution in [0.4, 0.5) is 0 Å². The lowest BCUT2D eigenvalue weighted by Crippen LogP contribution is -1.94. The molecule has 0 unspecified atom stereocenters. The zero-order chi connectivity index (χ0) is 11.4. The quantitative estimate of drug-likeness (QED) is 0.573. The SMILES string of the molecule is CC(C)C(C=O)=Cc1ccc(Cl)cc1Cl. The van der Waals surface area contributed by atoms with Crippen LogP contribution in [0.5, 0.6) is 0 Å². The first-order valence-electron chi connectivity index (χ1n) is 4.66. The van der Waals surface area contributed by atoms with Crippen LogP contribution in [0.15, 0.2) is 23.8 Å². The van der Waals surface area contributed by atoms with Gasteiger partial charge in [-0.1, -0.05) is 43.1 Å². The first-order valence-corrected chi connectivity index (χ1v) is 5.42. The Labute approximate surface area is 99.7 Å². The third-order valence-corrected chi connectivity index (χ3v) is 2.65. The normalized spacial score (nSPS) is 11.9. The molecule has 0 saturated heterocycles. The Morgan fingerprint density at radius 1 is 1.33 bits per heavy atom. The van der Waals surface area contributed by atoms with Gasteiger partial charge >= 0.3 is 0 Å². The minimum atomic E-state index is 0.189. The lowest BCUT2D eigenvalue weighted by atomic mass is 10.0. The van der Waals surface area contributed by atoms with Crippen molar-refractivity contribution < 1.29 is 4.79 Å². The number of halogens is 2. The second-order valence-electron chi connectivity index (χ2n) is 3.58. The maximum Gasteiger partial charge on any atom is 0.146 e. The summed E-state index contributed by atoms with van der Waals surface area (Å²) in [5.41, 5.74) is 1.54. The van der Waals surface area contributed by atoms with Gasteiger partial charge in [-0.25, -0.2) is 0 Å². The highest BCUT2D eigenvalue weighted by molar-refractivity contribution is 6.35. The fourth-order valence-corrected chi connectivity index (χ4v) is 1.60. The molecular weight excluding hydrogens is 231 g/mol. The van der Waals surface area contributed by atoms with E-state index < -0.39 is 0 Å². The maximum absolute atomic E-state index is 10.8. The van der Waals surface area contributed by atoms with Crippen LogP contribution in [0.25, 0.3) is 6.08 Å². The van der Waals surface area contributed by atoms with Gasteiger partial charge in [0.25, 0.3) is 0 Å². The highest BCUT2D eigenvalue weighted by Crippen LogP contribution is 2.24. The highest BCUT2D eigenvalue weighted by atomic mass is 35.5. The van der Waals surface area contributed by atoms with Crippen molar-refractivity contribution in [3.63, 3.8) is 0 Å². The van der Waals surface area contributed by atoms with Gasteiger partial charge in [0.2, 0.25) is 0 Å². The van der Waals surface area contributed by atoms with Gasteiger partial charge in [0.1, 0.15) is 6.29 Å². The fourth-order valence-electron chi connectivity index (χ4n) is 1.13. The second kappa shape index (κ2) is 5.34. The zero-order valence-corrected chi connectivity index (χ0v) is 10.1. The summed E-state index contributed by atoms with van der Waals surface area (Å²) in [6.07, 6.45) is 2.64. The van der Waals surface area contributed by atoms with Crippen molar-refractivity contribution in [1.29, 1.82) is 0 Å². The van der Waals surface area contributed by atoms with Gasteiger partial charge in [-0.05, 0) is 35.3 Å². The van der Waals surface area contributed by atoms with Gasteiger partial charge in [-0.2, -0.15) is 0 Å². The van der Waals surface area contributed by atoms with E-state index in [0.29, 0.717) is 10.0 Å². The molecule has 0 radical (unpaired) electrons. The summed E-state index contributed by atoms with van der Waals surface area (Å²) < 4.78 is 0. The lowest BCUT2D eigenvalue weighted by Gasteiger charge is -2.05. The molecule has 1 nitrogen and oxygen atoms in total. The smallest absolute Gasteiger partial charge is 0.146 e. The number of carbonyl (C=O) groups excluding carboxylic acids is 1. The van der Waals surface area contributed by atoms with E-state index in [1.165, 1.54) is 0 Å². The van der Waals surface area contributed by atoms with E-state index in [1.54, 1.807) is 24.3 Å². The number of hydrogen-bond donors (Lipinski definition) is 0. The number of benzene rings is 1. The van der Waals surface area contributed by atoms with Crippen molar-refractivity contribution in [1.82, 2.24) is 0 Å². The molecule has 0 amide bonds. The standard InChI is InChI=1S/C12H12Cl2O/c1-8(2)10(7-15)5-9-3-4-11(13)6-12(9)14/h3-8H,1-2H3. The van der Waals surface area contributed by atoms with Gasteiger partial charge in [-0.15, -0.1) is 0 Å². The van der Waals surface area contributed by atoms with Crippen molar-refractivity contribution in [2.45, 2.75) is 13.8 Å². The average Bonchev–Trinajstić information content (AvgIpc) is 2.16. The molecule has 0 atom stereocenters. The second-order valence-corrected chi connectivity index (χ2v) is 4.43. The molecule has 0 spiro atoms. The molecule has 1 aromatic rings. The van der Waals surface area contributed by atoms with Crippen LogP contribution in [-0.2, 0) is 4.79 Å². The Hall–Kier alpha value is -0.790. The molecule has 3 heteroatoms. The predicted molar refractivity (Wildman–Crippen MR) is 65.3 cm³/mol. The molecule has 0 saturated carbocycles. The van der Waals surface area contributed by atoms with Gasteiger partial charge in [-0.3, -0.25) is 4.79 Å². The van der Waals surface area contributed by atoms with Crippen molar-refractivity contribution in [3.8, 4) is 0 Å². The van der Waals surface area contributed by atoms with Crippen LogP contribution in [0.2, 0.25) is 10.0 Å². The van der Waals surface area contributed by atoms with Gasteiger partial charge in [0.15, 0.2) is 0 Å². The third-order valence-electron chi connectivity index (χ3n) is 2.09. The van der Waals surface area contributed by atoms with Gasteiger partial charge in [0, 0.05) is 10.0 Å². The molecule has 0 aliphatic heterocycles. The Morgan fingerprint density at radius 3 is 2.47 bits per heavy atom. The largest absolute Gasteiger partial charge is 0.298 e. The molecule has 15 heavy (non-hydrogen) atoms. The number of hydrogen-bond acceptors (Lipinski definition) is 1. The highest BCUT2D eigenvalue weighted by Gasteiger charge is 2.04. The Morgan fingerprint density at radius 2 is 2.00 bits per heavy atom. The van der Waals surface area contributed by atoms with Gasteiger partial charge in [0.05, 0.1) is 0 Å². The summed E-state index contributed by atoms with van der Waals surface area (Å²) in [6, 6.07) is 5.22. The summed E-state index contributed by atoms with van der Waals surface area (Å²) in [5.74, 6) is 0.189. The van der Waals surface area contributed by atoms with Crippen LogP contribution in [0.3, 0.4) is 0 Å². The topological polar surface area (TPSA) is 17.1 Å². The minimum Gasteiger partial charge on any atom is -0.298 e. The Balaban J connectivity index is 3.11. The van der Waals surface area contributed by atoms with Crippen LogP contribution in [0.1, 0.15) is 19.4 Å². The molecule has 0 bridgehead atoms. The number of carbonyl (C=O) groups is 1. The first-order chi connectivity index (χ1) is 7.04. The molecule has 0 fully saturated rings. The Kier molecular flexibility index (Phi) is 4.37. The average molecular weight is 243 g/mol. The monoisotopic (exact) mass is 242 g/mol. The maximum atomic E-state index is 10.8. The van der Waals surface area contributed by atoms with Crippen molar-refractivity contribution in [3.05, 3.63) is 39.4 Å². The summed E-state index contributed by atoms with van der Waals surface area (Å²) in [4.78, 5) is 10.8. The summed E-state index contributed by atoms with van der Waals surface area (Å²) in [6.45, 7) is 3.92. The van der Waals surface area contributed by atoms with E-state index in [2.05, 4.69) is 0 Å². The van der Waals surface area contributed by atoms with Crippen LogP contribution < -0.4 is 0 Å². The molecule has 0 aliphatic rings. The number of rotatable bonds is 3. The summed E-state index contributed by atoms with van der Waals surface area (Å²) in [5, 5.41) is 1.15. The lowest BCUT2D eigenvalue weighted by molar-refractivity contribution is -0.105. The predicted octanol–water partition coefficient (Wildman–Crippen LogP) is 4.23. The molecule has 0 N–H and O–H groups in total. The summed E-state index contributed by atoms with van der Waals surface area (Å²) >= 11 is 11.8. The van der Waals surface area contributed by atoms with E-state index in [9.17, 15) is 4.79 Å². The molecule has 0 aromatic heterocycles. The molecule has 0 aliphatic carbocycles. The summed E-state index contributed by atoms with van der Waals surface area (Å²) in [7, 11) is 0. The van der Waals surface area contributed by atoms with Crippen LogP contribution in [-0.4, -0.2) is 6.29 Å². The molecule has 1 aromatic carbocycles. The van der Waals surface area contributed by atoms with E-state index >= 15 is 0 Å². The molecule has 80 valence electrons. The fraction of sp³-hybridized carbons (Fsp3) is 0.250. The molecule has 1 rings (SSSR count). The number of aldehydes is 1. The Bertz CT molecular complexity index is 395. The number of allylic oxidation sites excluding steroid dienone is 1.